The molecule has 0 aromatic rings. The first-order valence-electron chi connectivity index (χ1n) is 4.57. The van der Waals surface area contributed by atoms with Gasteiger partial charge in [0.25, 0.3) is 0 Å². The molecule has 0 N–H and O–H groups in total. The van der Waals surface area contributed by atoms with Gasteiger partial charge in [0.1, 0.15) is 0 Å². The van der Waals surface area contributed by atoms with Gasteiger partial charge in [-0.2, -0.15) is 0 Å². The van der Waals surface area contributed by atoms with Crippen LogP contribution in [0.1, 0.15) is 40.0 Å². The summed E-state index contributed by atoms with van der Waals surface area (Å²) in [5.74, 6) is 0. The number of hydrogen-bond donors (Lipinski definition) is 0. The minimum absolute atomic E-state index is 0. The second-order valence-electron chi connectivity index (χ2n) is 2.84. The molecule has 0 rings (SSSR count). The monoisotopic (exact) mass is 266 g/mol. The molecule has 0 aliphatic carbocycles. The average Bonchev–Trinajstić information content (AvgIpc) is 1.90. The topological polar surface area (TPSA) is 0 Å². The van der Waals surface area contributed by atoms with E-state index in [1.54, 1.807) is 0 Å². The van der Waals surface area contributed by atoms with Crippen LogP contribution in [0.5, 0.6) is 0 Å². The molecule has 0 amide bonds. The second kappa shape index (κ2) is 11.1. The van der Waals surface area contributed by atoms with Gasteiger partial charge >= 0.3 is 0 Å². The Labute approximate surface area is 86.9 Å². The van der Waals surface area contributed by atoms with E-state index in [0.717, 1.165) is 0 Å². The zero-order valence-corrected chi connectivity index (χ0v) is 10.5. The Kier molecular flexibility index (Phi) is 14.7. The van der Waals surface area contributed by atoms with E-state index in [0.29, 0.717) is 7.92 Å². The maximum Gasteiger partial charge on any atom is 0 e. The van der Waals surface area contributed by atoms with E-state index in [1.807, 2.05) is 0 Å². The molecule has 0 atom stereocenters. The van der Waals surface area contributed by atoms with Crippen molar-refractivity contribution in [2.75, 3.05) is 18.5 Å². The van der Waals surface area contributed by atoms with E-state index < -0.39 is 0 Å². The Balaban J connectivity index is 0. The summed E-state index contributed by atoms with van der Waals surface area (Å²) < 4.78 is 0. The van der Waals surface area contributed by atoms with Gasteiger partial charge in [0.2, 0.25) is 0 Å². The SMILES string of the molecule is CCCP(CCC)CCC.[Pd]. The minimum Gasteiger partial charge on any atom is -0.107 e. The largest absolute Gasteiger partial charge is 0.107 e. The Morgan fingerprint density at radius 3 is 1.18 bits per heavy atom. The first-order valence-corrected chi connectivity index (χ1v) is 6.47. The van der Waals surface area contributed by atoms with E-state index in [1.165, 1.54) is 37.7 Å². The molecule has 11 heavy (non-hydrogen) atoms. The Hall–Kier alpha value is 1.09. The van der Waals surface area contributed by atoms with Crippen molar-refractivity contribution in [2.24, 2.45) is 0 Å². The normalized spacial score (nSPS) is 9.82. The van der Waals surface area contributed by atoms with Crippen molar-refractivity contribution in [3.8, 4) is 0 Å². The third-order valence-corrected chi connectivity index (χ3v) is 4.86. The summed E-state index contributed by atoms with van der Waals surface area (Å²) in [6, 6.07) is 0. The van der Waals surface area contributed by atoms with E-state index in [4.69, 9.17) is 0 Å². The van der Waals surface area contributed by atoms with Crippen LogP contribution in [0, 0.1) is 0 Å². The molecule has 72 valence electrons. The summed E-state index contributed by atoms with van der Waals surface area (Å²) in [6.07, 6.45) is 8.72. The van der Waals surface area contributed by atoms with Crippen LogP contribution >= 0.6 is 7.92 Å². The molecule has 0 nitrogen and oxygen atoms in total. The van der Waals surface area contributed by atoms with Crippen LogP contribution in [0.15, 0.2) is 0 Å². The van der Waals surface area contributed by atoms with Crippen LogP contribution in [-0.4, -0.2) is 18.5 Å². The van der Waals surface area contributed by atoms with E-state index in [9.17, 15) is 0 Å². The molecule has 0 radical (unpaired) electrons. The minimum atomic E-state index is 0. The molecule has 0 spiro atoms. The standard InChI is InChI=1S/C9H21P.Pd/c1-4-7-10(8-5-2)9-6-3;/h4-9H2,1-3H3;. The molecule has 0 heterocycles. The predicted molar refractivity (Wildman–Crippen MR) is 52.4 cm³/mol. The van der Waals surface area contributed by atoms with Crippen molar-refractivity contribution in [2.45, 2.75) is 40.0 Å². The molecule has 0 aliphatic heterocycles. The number of hydrogen-bond acceptors (Lipinski definition) is 0. The van der Waals surface area contributed by atoms with Crippen molar-refractivity contribution in [3.05, 3.63) is 0 Å². The van der Waals surface area contributed by atoms with Gasteiger partial charge in [-0.1, -0.05) is 40.0 Å². The van der Waals surface area contributed by atoms with Crippen LogP contribution < -0.4 is 0 Å². The molecule has 0 saturated heterocycles. The zero-order chi connectivity index (χ0) is 7.82. The summed E-state index contributed by atoms with van der Waals surface area (Å²) in [4.78, 5) is 0. The summed E-state index contributed by atoms with van der Waals surface area (Å²) in [5.41, 5.74) is 0. The molecule has 0 bridgehead atoms. The van der Waals surface area contributed by atoms with Crippen molar-refractivity contribution in [1.29, 1.82) is 0 Å². The third kappa shape index (κ3) is 9.00. The zero-order valence-electron chi connectivity index (χ0n) is 8.01. The van der Waals surface area contributed by atoms with E-state index in [-0.39, 0.29) is 20.4 Å². The average molecular weight is 267 g/mol. The molecule has 0 saturated carbocycles. The van der Waals surface area contributed by atoms with Gasteiger partial charge in [-0.25, -0.2) is 0 Å². The van der Waals surface area contributed by atoms with Crippen molar-refractivity contribution >= 4 is 7.92 Å². The van der Waals surface area contributed by atoms with Crippen LogP contribution in [-0.2, 0) is 20.4 Å². The van der Waals surface area contributed by atoms with Gasteiger partial charge in [-0.05, 0) is 18.5 Å². The summed E-state index contributed by atoms with van der Waals surface area (Å²) in [7, 11) is 0.439. The maximum absolute atomic E-state index is 2.31. The molecular formula is C9H21PPd. The number of rotatable bonds is 6. The third-order valence-electron chi connectivity index (χ3n) is 1.62. The van der Waals surface area contributed by atoms with E-state index in [2.05, 4.69) is 20.8 Å². The molecule has 0 aromatic carbocycles. The fraction of sp³-hybridized carbons (Fsp3) is 1.00. The van der Waals surface area contributed by atoms with Crippen LogP contribution in [0.2, 0.25) is 0 Å². The van der Waals surface area contributed by atoms with Gasteiger partial charge in [0, 0.05) is 20.4 Å². The van der Waals surface area contributed by atoms with Crippen molar-refractivity contribution in [1.82, 2.24) is 0 Å². The smallest absolute Gasteiger partial charge is 0 e. The fourth-order valence-electron chi connectivity index (χ4n) is 1.28. The molecular weight excluding hydrogens is 245 g/mol. The molecule has 2 heteroatoms. The van der Waals surface area contributed by atoms with Crippen molar-refractivity contribution < 1.29 is 20.4 Å². The maximum atomic E-state index is 2.31. The molecule has 0 aliphatic rings. The van der Waals surface area contributed by atoms with Crippen LogP contribution in [0.25, 0.3) is 0 Å². The van der Waals surface area contributed by atoms with Gasteiger partial charge in [-0.15, -0.1) is 7.92 Å². The molecule has 0 unspecified atom stereocenters. The van der Waals surface area contributed by atoms with Gasteiger partial charge < -0.3 is 0 Å². The summed E-state index contributed by atoms with van der Waals surface area (Å²) >= 11 is 0. The Bertz CT molecular complexity index is 52.3. The summed E-state index contributed by atoms with van der Waals surface area (Å²) in [5, 5.41) is 0. The summed E-state index contributed by atoms with van der Waals surface area (Å²) in [6.45, 7) is 6.92. The molecule has 0 aromatic heterocycles. The molecule has 0 fully saturated rings. The first kappa shape index (κ1) is 14.6. The first-order chi connectivity index (χ1) is 4.85. The second-order valence-corrected chi connectivity index (χ2v) is 5.52. The fourth-order valence-corrected chi connectivity index (χ4v) is 3.85. The Morgan fingerprint density at radius 2 is 1.00 bits per heavy atom. The van der Waals surface area contributed by atoms with Gasteiger partial charge in [-0.3, -0.25) is 0 Å². The van der Waals surface area contributed by atoms with E-state index >= 15 is 0 Å². The Morgan fingerprint density at radius 1 is 0.727 bits per heavy atom. The van der Waals surface area contributed by atoms with Crippen LogP contribution in [0.4, 0.5) is 0 Å². The van der Waals surface area contributed by atoms with Gasteiger partial charge in [0.05, 0.1) is 0 Å². The van der Waals surface area contributed by atoms with Crippen LogP contribution in [0.3, 0.4) is 0 Å². The van der Waals surface area contributed by atoms with Gasteiger partial charge in [0.15, 0.2) is 0 Å². The predicted octanol–water partition coefficient (Wildman–Crippen LogP) is 3.70. The van der Waals surface area contributed by atoms with Crippen molar-refractivity contribution in [3.63, 3.8) is 0 Å². The quantitative estimate of drug-likeness (QED) is 0.508.